The third-order valence-electron chi connectivity index (χ3n) is 3.65. The number of hydrogen-bond acceptors (Lipinski definition) is 3. The molecule has 1 aromatic heterocycles. The molecule has 17 heavy (non-hydrogen) atoms. The molecule has 0 saturated heterocycles. The number of rotatable bonds is 1. The van der Waals surface area contributed by atoms with Crippen molar-refractivity contribution in [1.82, 2.24) is 10.2 Å². The summed E-state index contributed by atoms with van der Waals surface area (Å²) in [7, 11) is 1.21. The van der Waals surface area contributed by atoms with Crippen LogP contribution in [-0.4, -0.2) is 23.4 Å². The van der Waals surface area contributed by atoms with Crippen LogP contribution in [0, 0.1) is 5.92 Å². The van der Waals surface area contributed by atoms with Crippen LogP contribution in [0.25, 0.3) is 0 Å². The Labute approximate surface area is 95.5 Å². The number of methoxy groups -OCH3 is 1. The molecule has 0 bridgehead atoms. The van der Waals surface area contributed by atoms with E-state index in [1.165, 1.54) is 7.11 Å². The maximum absolute atomic E-state index is 13.8. The Morgan fingerprint density at radius 2 is 2.35 bits per heavy atom. The van der Waals surface area contributed by atoms with Gasteiger partial charge in [0.2, 0.25) is 0 Å². The smallest absolute Gasteiger partial charge is 0.412 e. The Morgan fingerprint density at radius 3 is 2.94 bits per heavy atom. The average Bonchev–Trinajstić information content (AvgIpc) is 2.65. The van der Waals surface area contributed by atoms with Crippen molar-refractivity contribution in [3.63, 3.8) is 0 Å². The molecule has 2 atom stereocenters. The lowest BCUT2D eigenvalue weighted by atomic mass is 9.73. The molecule has 7 heteroatoms. The quantitative estimate of drug-likeness (QED) is 0.794. The van der Waals surface area contributed by atoms with E-state index < -0.39 is 17.9 Å². The molecule has 0 aliphatic heterocycles. The van der Waals surface area contributed by atoms with Crippen LogP contribution >= 0.6 is 0 Å². The van der Waals surface area contributed by atoms with Crippen molar-refractivity contribution in [2.45, 2.75) is 24.7 Å². The summed E-state index contributed by atoms with van der Waals surface area (Å²) >= 11 is 0. The molecular weight excluding hydrogens is 232 g/mol. The zero-order valence-corrected chi connectivity index (χ0v) is 9.09. The topological polar surface area (TPSA) is 67.0 Å². The molecule has 1 aromatic rings. The van der Waals surface area contributed by atoms with E-state index in [1.807, 2.05) is 0 Å². The van der Waals surface area contributed by atoms with E-state index in [0.29, 0.717) is 18.4 Å². The van der Waals surface area contributed by atoms with Crippen LogP contribution in [0.2, 0.25) is 0 Å². The third kappa shape index (κ3) is 1.22. The number of nitrogens with one attached hydrogen (secondary N) is 2. The molecule has 92 valence electrons. The second kappa shape index (κ2) is 3.18. The summed E-state index contributed by atoms with van der Waals surface area (Å²) in [5.74, 6) is -3.55. The molecule has 1 amide bonds. The lowest BCUT2D eigenvalue weighted by Gasteiger charge is -2.33. The van der Waals surface area contributed by atoms with Gasteiger partial charge in [0.15, 0.2) is 5.82 Å². The predicted molar refractivity (Wildman–Crippen MR) is 54.0 cm³/mol. The van der Waals surface area contributed by atoms with Crippen LogP contribution in [0.5, 0.6) is 0 Å². The largest absolute Gasteiger partial charge is 0.453 e. The van der Waals surface area contributed by atoms with Gasteiger partial charge >= 0.3 is 6.09 Å². The fraction of sp³-hybridized carbons (Fsp3) is 0.600. The first-order chi connectivity index (χ1) is 8.05. The zero-order chi connectivity index (χ0) is 12.2. The number of halogens is 2. The van der Waals surface area contributed by atoms with E-state index in [4.69, 9.17) is 0 Å². The van der Waals surface area contributed by atoms with Gasteiger partial charge in [0.05, 0.1) is 7.11 Å². The highest BCUT2D eigenvalue weighted by atomic mass is 19.3. The highest BCUT2D eigenvalue weighted by Gasteiger charge is 2.60. The number of anilines is 1. The van der Waals surface area contributed by atoms with Gasteiger partial charge in [-0.25, -0.2) is 4.79 Å². The SMILES string of the molecule is COC(=O)Nc1n[nH]c2c1C1CCC1C2(F)F. The first-order valence-corrected chi connectivity index (χ1v) is 5.37. The Morgan fingerprint density at radius 1 is 1.59 bits per heavy atom. The molecule has 1 fully saturated rings. The van der Waals surface area contributed by atoms with E-state index in [1.54, 1.807) is 0 Å². The van der Waals surface area contributed by atoms with Crippen molar-refractivity contribution in [1.29, 1.82) is 0 Å². The van der Waals surface area contributed by atoms with Crippen LogP contribution < -0.4 is 5.32 Å². The van der Waals surface area contributed by atoms with Crippen LogP contribution in [0.4, 0.5) is 19.4 Å². The van der Waals surface area contributed by atoms with Gasteiger partial charge in [-0.1, -0.05) is 0 Å². The number of carbonyl (C=O) groups is 1. The van der Waals surface area contributed by atoms with E-state index in [-0.39, 0.29) is 17.4 Å². The minimum Gasteiger partial charge on any atom is -0.453 e. The van der Waals surface area contributed by atoms with E-state index in [0.717, 1.165) is 0 Å². The number of aromatic amines is 1. The van der Waals surface area contributed by atoms with Gasteiger partial charge < -0.3 is 4.74 Å². The van der Waals surface area contributed by atoms with Crippen molar-refractivity contribution >= 4 is 11.9 Å². The van der Waals surface area contributed by atoms with Gasteiger partial charge in [0, 0.05) is 11.5 Å². The molecule has 0 radical (unpaired) electrons. The maximum Gasteiger partial charge on any atom is 0.412 e. The number of H-pyrrole nitrogens is 1. The van der Waals surface area contributed by atoms with E-state index >= 15 is 0 Å². The van der Waals surface area contributed by atoms with Gasteiger partial charge in [-0.3, -0.25) is 10.4 Å². The molecule has 3 rings (SSSR count). The summed E-state index contributed by atoms with van der Waals surface area (Å²) in [5.41, 5.74) is 0.285. The van der Waals surface area contributed by atoms with E-state index in [2.05, 4.69) is 20.3 Å². The fourth-order valence-electron chi connectivity index (χ4n) is 2.67. The van der Waals surface area contributed by atoms with Gasteiger partial charge in [0.1, 0.15) is 5.69 Å². The van der Waals surface area contributed by atoms with E-state index in [9.17, 15) is 13.6 Å². The molecule has 2 aliphatic carbocycles. The summed E-state index contributed by atoms with van der Waals surface area (Å²) in [4.78, 5) is 11.1. The fourth-order valence-corrected chi connectivity index (χ4v) is 2.67. The number of amides is 1. The maximum atomic E-state index is 13.8. The molecule has 5 nitrogen and oxygen atoms in total. The van der Waals surface area contributed by atoms with Gasteiger partial charge in [0.25, 0.3) is 5.92 Å². The monoisotopic (exact) mass is 243 g/mol. The standard InChI is InChI=1S/C10H11F2N3O2/c1-17-9(16)13-8-6-4-2-3-5(4)10(11,12)7(6)14-15-8/h4-5H,2-3H2,1H3,(H2,13,14,15,16). The minimum absolute atomic E-state index is 0.156. The molecule has 0 aromatic carbocycles. The summed E-state index contributed by atoms with van der Waals surface area (Å²) < 4.78 is 32.1. The molecule has 2 aliphatic rings. The van der Waals surface area contributed by atoms with Crippen molar-refractivity contribution < 1.29 is 18.3 Å². The van der Waals surface area contributed by atoms with Crippen LogP contribution in [0.15, 0.2) is 0 Å². The molecule has 2 N–H and O–H groups in total. The van der Waals surface area contributed by atoms with Crippen LogP contribution in [0.3, 0.4) is 0 Å². The van der Waals surface area contributed by atoms with Gasteiger partial charge in [-0.15, -0.1) is 0 Å². The highest BCUT2D eigenvalue weighted by molar-refractivity contribution is 5.84. The molecule has 1 heterocycles. The summed E-state index contributed by atoms with van der Waals surface area (Å²) in [6, 6.07) is 0. The van der Waals surface area contributed by atoms with Crippen molar-refractivity contribution in [3.8, 4) is 0 Å². The van der Waals surface area contributed by atoms with Crippen LogP contribution in [0.1, 0.15) is 30.0 Å². The first-order valence-electron chi connectivity index (χ1n) is 5.37. The summed E-state index contributed by atoms with van der Waals surface area (Å²) in [5, 5.41) is 8.42. The molecule has 2 unspecified atom stereocenters. The second-order valence-electron chi connectivity index (χ2n) is 4.39. The Balaban J connectivity index is 1.99. The Hall–Kier alpha value is -1.66. The number of alkyl halides is 2. The highest BCUT2D eigenvalue weighted by Crippen LogP contribution is 2.62. The zero-order valence-electron chi connectivity index (χ0n) is 9.09. The average molecular weight is 243 g/mol. The third-order valence-corrected chi connectivity index (χ3v) is 3.65. The van der Waals surface area contributed by atoms with Crippen molar-refractivity contribution in [2.24, 2.45) is 5.92 Å². The number of ether oxygens (including phenoxy) is 1. The second-order valence-corrected chi connectivity index (χ2v) is 4.39. The minimum atomic E-state index is -2.86. The molecular formula is C10H11F2N3O2. The van der Waals surface area contributed by atoms with Gasteiger partial charge in [-0.05, 0) is 18.8 Å². The number of aromatic nitrogens is 2. The lowest BCUT2D eigenvalue weighted by molar-refractivity contribution is -0.0905. The van der Waals surface area contributed by atoms with Crippen molar-refractivity contribution in [2.75, 3.05) is 12.4 Å². The normalized spacial score (nSPS) is 27.9. The predicted octanol–water partition coefficient (Wildman–Crippen LogP) is 2.19. The Bertz CT molecular complexity index is 486. The molecule has 1 saturated carbocycles. The number of nitrogens with zero attached hydrogens (tertiary/aromatic N) is 1. The number of hydrogen-bond donors (Lipinski definition) is 2. The molecule has 0 spiro atoms. The number of carbonyl (C=O) groups excluding carboxylic acids is 1. The summed E-state index contributed by atoms with van der Waals surface area (Å²) in [6.07, 6.45) is 0.519. The van der Waals surface area contributed by atoms with Crippen LogP contribution in [-0.2, 0) is 10.7 Å². The number of fused-ring (bicyclic) bond motifs is 3. The first kappa shape index (κ1) is 10.5. The van der Waals surface area contributed by atoms with Gasteiger partial charge in [-0.2, -0.15) is 13.9 Å². The summed E-state index contributed by atoms with van der Waals surface area (Å²) in [6.45, 7) is 0. The lowest BCUT2D eigenvalue weighted by Crippen LogP contribution is -2.31. The van der Waals surface area contributed by atoms with Crippen molar-refractivity contribution in [3.05, 3.63) is 11.3 Å². The Kier molecular flexibility index (Phi) is 1.96.